The van der Waals surface area contributed by atoms with Crippen molar-refractivity contribution in [1.29, 1.82) is 0 Å². The molecule has 0 bridgehead atoms. The summed E-state index contributed by atoms with van der Waals surface area (Å²) in [5.74, 6) is 0. The molecule has 84 valence electrons. The summed E-state index contributed by atoms with van der Waals surface area (Å²) in [6.07, 6.45) is 3.14. The van der Waals surface area contributed by atoms with Gasteiger partial charge in [0.15, 0.2) is 0 Å². The first-order valence-corrected chi connectivity index (χ1v) is 5.72. The molecule has 0 fully saturated rings. The van der Waals surface area contributed by atoms with Crippen LogP contribution in [0.4, 0.5) is 11.4 Å². The van der Waals surface area contributed by atoms with Gasteiger partial charge in [-0.05, 0) is 35.4 Å². The Hall–Kier alpha value is -2.22. The quantitative estimate of drug-likeness (QED) is 0.727. The molecule has 1 aliphatic heterocycles. The maximum absolute atomic E-state index is 5.67. The summed E-state index contributed by atoms with van der Waals surface area (Å²) in [5.41, 5.74) is 11.4. The summed E-state index contributed by atoms with van der Waals surface area (Å²) >= 11 is 0. The summed E-state index contributed by atoms with van der Waals surface area (Å²) < 4.78 is 0. The average molecular weight is 222 g/mol. The summed E-state index contributed by atoms with van der Waals surface area (Å²) in [5, 5.41) is 3.43. The van der Waals surface area contributed by atoms with E-state index in [-0.39, 0.29) is 0 Å². The number of benzene rings is 2. The van der Waals surface area contributed by atoms with Crippen LogP contribution in [0.5, 0.6) is 0 Å². The minimum atomic E-state index is 0.801. The van der Waals surface area contributed by atoms with Crippen molar-refractivity contribution in [3.8, 4) is 0 Å². The Bertz CT molecular complexity index is 541. The SMILES string of the molecule is Nc1ccc(/C=C2/Cc3ccccc3N2)cc1. The first kappa shape index (κ1) is 9.97. The lowest BCUT2D eigenvalue weighted by atomic mass is 10.1. The number of hydrogen-bond acceptors (Lipinski definition) is 2. The number of nitrogens with two attached hydrogens (primary N) is 1. The molecule has 2 aromatic rings. The van der Waals surface area contributed by atoms with E-state index in [0.717, 1.165) is 12.1 Å². The fourth-order valence-electron chi connectivity index (χ4n) is 2.10. The molecule has 0 atom stereocenters. The first-order valence-electron chi connectivity index (χ1n) is 5.72. The lowest BCUT2D eigenvalue weighted by Crippen LogP contribution is -1.91. The number of nitrogen functional groups attached to an aromatic ring is 1. The number of hydrogen-bond donors (Lipinski definition) is 2. The molecule has 0 aromatic heterocycles. The second-order valence-electron chi connectivity index (χ2n) is 4.30. The zero-order chi connectivity index (χ0) is 11.7. The zero-order valence-electron chi connectivity index (χ0n) is 9.48. The highest BCUT2D eigenvalue weighted by molar-refractivity contribution is 5.69. The van der Waals surface area contributed by atoms with Crippen LogP contribution in [0.3, 0.4) is 0 Å². The van der Waals surface area contributed by atoms with Crippen LogP contribution in [0.1, 0.15) is 11.1 Å². The molecule has 0 aliphatic carbocycles. The number of allylic oxidation sites excluding steroid dienone is 1. The number of nitrogens with one attached hydrogen (secondary N) is 1. The van der Waals surface area contributed by atoms with Gasteiger partial charge < -0.3 is 11.1 Å². The van der Waals surface area contributed by atoms with Crippen LogP contribution in [-0.4, -0.2) is 0 Å². The van der Waals surface area contributed by atoms with Gasteiger partial charge in [0.25, 0.3) is 0 Å². The largest absolute Gasteiger partial charge is 0.399 e. The van der Waals surface area contributed by atoms with Crippen molar-refractivity contribution in [2.75, 3.05) is 11.1 Å². The Labute approximate surface area is 101 Å². The van der Waals surface area contributed by atoms with Crippen LogP contribution in [-0.2, 0) is 6.42 Å². The molecule has 0 spiro atoms. The molecule has 3 rings (SSSR count). The van der Waals surface area contributed by atoms with E-state index in [1.165, 1.54) is 22.5 Å². The van der Waals surface area contributed by atoms with E-state index in [4.69, 9.17) is 5.73 Å². The van der Waals surface area contributed by atoms with Gasteiger partial charge >= 0.3 is 0 Å². The lowest BCUT2D eigenvalue weighted by Gasteiger charge is -2.00. The van der Waals surface area contributed by atoms with Crippen molar-refractivity contribution in [2.24, 2.45) is 0 Å². The van der Waals surface area contributed by atoms with Gasteiger partial charge in [-0.25, -0.2) is 0 Å². The number of rotatable bonds is 1. The van der Waals surface area contributed by atoms with Crippen LogP contribution in [0.15, 0.2) is 54.2 Å². The van der Waals surface area contributed by atoms with E-state index < -0.39 is 0 Å². The second kappa shape index (κ2) is 3.98. The van der Waals surface area contributed by atoms with Crippen LogP contribution >= 0.6 is 0 Å². The molecule has 17 heavy (non-hydrogen) atoms. The normalized spacial score (nSPS) is 15.6. The van der Waals surface area contributed by atoms with Gasteiger partial charge in [-0.2, -0.15) is 0 Å². The van der Waals surface area contributed by atoms with Crippen LogP contribution in [0, 0.1) is 0 Å². The lowest BCUT2D eigenvalue weighted by molar-refractivity contribution is 1.26. The summed E-state index contributed by atoms with van der Waals surface area (Å²) in [4.78, 5) is 0. The Morgan fingerprint density at radius 3 is 2.53 bits per heavy atom. The molecule has 0 saturated carbocycles. The van der Waals surface area contributed by atoms with Gasteiger partial charge in [-0.3, -0.25) is 0 Å². The second-order valence-corrected chi connectivity index (χ2v) is 4.30. The van der Waals surface area contributed by atoms with Crippen molar-refractivity contribution in [3.63, 3.8) is 0 Å². The monoisotopic (exact) mass is 222 g/mol. The molecular formula is C15H14N2. The summed E-state index contributed by atoms with van der Waals surface area (Å²) in [7, 11) is 0. The van der Waals surface area contributed by atoms with Crippen LogP contribution in [0.2, 0.25) is 0 Å². The molecule has 0 saturated heterocycles. The third-order valence-corrected chi connectivity index (χ3v) is 2.97. The van der Waals surface area contributed by atoms with Gasteiger partial charge in [0.05, 0.1) is 0 Å². The summed E-state index contributed by atoms with van der Waals surface area (Å²) in [6, 6.07) is 16.3. The highest BCUT2D eigenvalue weighted by Crippen LogP contribution is 2.28. The number of anilines is 2. The Kier molecular flexibility index (Phi) is 2.33. The number of para-hydroxylation sites is 1. The fraction of sp³-hybridized carbons (Fsp3) is 0.0667. The van der Waals surface area contributed by atoms with Crippen molar-refractivity contribution < 1.29 is 0 Å². The molecule has 2 nitrogen and oxygen atoms in total. The van der Waals surface area contributed by atoms with E-state index in [1.807, 2.05) is 24.3 Å². The Morgan fingerprint density at radius 2 is 1.76 bits per heavy atom. The van der Waals surface area contributed by atoms with Crippen molar-refractivity contribution in [3.05, 3.63) is 65.4 Å². The molecule has 3 N–H and O–H groups in total. The van der Waals surface area contributed by atoms with E-state index >= 15 is 0 Å². The molecule has 0 radical (unpaired) electrons. The molecule has 0 unspecified atom stereocenters. The molecule has 0 amide bonds. The summed E-state index contributed by atoms with van der Waals surface area (Å²) in [6.45, 7) is 0. The molecule has 2 aromatic carbocycles. The predicted molar refractivity (Wildman–Crippen MR) is 72.6 cm³/mol. The minimum Gasteiger partial charge on any atom is -0.399 e. The zero-order valence-corrected chi connectivity index (χ0v) is 9.48. The van der Waals surface area contributed by atoms with Gasteiger partial charge in [0.1, 0.15) is 0 Å². The van der Waals surface area contributed by atoms with E-state index in [1.54, 1.807) is 0 Å². The fourth-order valence-corrected chi connectivity index (χ4v) is 2.10. The maximum atomic E-state index is 5.67. The predicted octanol–water partition coefficient (Wildman–Crippen LogP) is 3.28. The molecular weight excluding hydrogens is 208 g/mol. The molecule has 1 heterocycles. The minimum absolute atomic E-state index is 0.801. The standard InChI is InChI=1S/C15H14N2/c16-13-7-5-11(6-8-13)9-14-10-12-3-1-2-4-15(12)17-14/h1-9,17H,10,16H2/b14-9-. The van der Waals surface area contributed by atoms with Gasteiger partial charge in [0.2, 0.25) is 0 Å². The highest BCUT2D eigenvalue weighted by Gasteiger charge is 2.12. The molecule has 2 heteroatoms. The van der Waals surface area contributed by atoms with Crippen molar-refractivity contribution in [2.45, 2.75) is 6.42 Å². The Balaban J connectivity index is 1.87. The van der Waals surface area contributed by atoms with Gasteiger partial charge in [0, 0.05) is 23.5 Å². The van der Waals surface area contributed by atoms with E-state index in [9.17, 15) is 0 Å². The van der Waals surface area contributed by atoms with Gasteiger partial charge in [-0.15, -0.1) is 0 Å². The van der Waals surface area contributed by atoms with Crippen LogP contribution < -0.4 is 11.1 Å². The third-order valence-electron chi connectivity index (χ3n) is 2.97. The van der Waals surface area contributed by atoms with Crippen molar-refractivity contribution in [1.82, 2.24) is 0 Å². The Morgan fingerprint density at radius 1 is 1.00 bits per heavy atom. The van der Waals surface area contributed by atoms with E-state index in [0.29, 0.717) is 0 Å². The maximum Gasteiger partial charge on any atom is 0.0418 e. The van der Waals surface area contributed by atoms with E-state index in [2.05, 4.69) is 35.7 Å². The average Bonchev–Trinajstić information content (AvgIpc) is 2.74. The smallest absolute Gasteiger partial charge is 0.0418 e. The first-order chi connectivity index (χ1) is 8.31. The number of fused-ring (bicyclic) bond motifs is 1. The van der Waals surface area contributed by atoms with Crippen molar-refractivity contribution >= 4 is 17.5 Å². The van der Waals surface area contributed by atoms with Gasteiger partial charge in [-0.1, -0.05) is 30.3 Å². The van der Waals surface area contributed by atoms with Crippen LogP contribution in [0.25, 0.3) is 6.08 Å². The topological polar surface area (TPSA) is 38.0 Å². The third kappa shape index (κ3) is 2.02. The molecule has 1 aliphatic rings. The highest BCUT2D eigenvalue weighted by atomic mass is 14.9.